The summed E-state index contributed by atoms with van der Waals surface area (Å²) in [5.74, 6) is -0.830. The Kier molecular flexibility index (Phi) is 4.79. The zero-order valence-corrected chi connectivity index (χ0v) is 9.78. The van der Waals surface area contributed by atoms with Gasteiger partial charge in [0, 0.05) is 0 Å². The lowest BCUT2D eigenvalue weighted by atomic mass is 10.4. The van der Waals surface area contributed by atoms with Gasteiger partial charge in [-0.3, -0.25) is 0 Å². The Morgan fingerprint density at radius 3 is 2.94 bits per heavy atom. The Hall–Kier alpha value is -1.55. The predicted molar refractivity (Wildman–Crippen MR) is 55.8 cm³/mol. The molecule has 1 rings (SSSR count). The number of thioether (sulfide) groups is 1. The molecule has 0 radical (unpaired) electrons. The van der Waals surface area contributed by atoms with Gasteiger partial charge in [0.1, 0.15) is 5.25 Å². The van der Waals surface area contributed by atoms with E-state index in [-0.39, 0.29) is 23.0 Å². The molecule has 0 aromatic carbocycles. The van der Waals surface area contributed by atoms with Gasteiger partial charge in [0.15, 0.2) is 0 Å². The van der Waals surface area contributed by atoms with E-state index in [9.17, 15) is 4.79 Å². The first-order valence-corrected chi connectivity index (χ1v) is 5.66. The summed E-state index contributed by atoms with van der Waals surface area (Å²) in [5, 5.41) is 15.9. The number of carbonyl (C=O) groups is 1. The molecule has 1 unspecified atom stereocenters. The van der Waals surface area contributed by atoms with Crippen molar-refractivity contribution in [1.29, 1.82) is 5.26 Å². The minimum absolute atomic E-state index is 0.183. The predicted octanol–water partition coefficient (Wildman–Crippen LogP) is 1.64. The molecule has 1 aromatic rings. The van der Waals surface area contributed by atoms with Crippen molar-refractivity contribution in [2.24, 2.45) is 0 Å². The maximum atomic E-state index is 11.2. The Bertz CT molecular complexity index is 399. The lowest BCUT2D eigenvalue weighted by Crippen LogP contribution is -2.04. The summed E-state index contributed by atoms with van der Waals surface area (Å²) in [7, 11) is 0. The molecule has 0 spiro atoms. The Labute approximate surface area is 97.0 Å². The summed E-state index contributed by atoms with van der Waals surface area (Å²) >= 11 is 1.14. The van der Waals surface area contributed by atoms with E-state index in [0.29, 0.717) is 6.42 Å². The highest BCUT2D eigenvalue weighted by atomic mass is 32.2. The first-order valence-electron chi connectivity index (χ1n) is 4.78. The number of rotatable bonds is 5. The molecule has 1 heterocycles. The molecule has 0 bridgehead atoms. The molecule has 0 amide bonds. The number of hydrogen-bond donors (Lipinski definition) is 0. The number of nitriles is 1. The van der Waals surface area contributed by atoms with Crippen LogP contribution in [0.15, 0.2) is 9.64 Å². The average Bonchev–Trinajstić information content (AvgIpc) is 2.74. The van der Waals surface area contributed by atoms with Gasteiger partial charge in [0.25, 0.3) is 5.22 Å². The largest absolute Gasteiger partial charge is 0.459 e. The summed E-state index contributed by atoms with van der Waals surface area (Å²) < 4.78 is 9.74. The van der Waals surface area contributed by atoms with Crippen molar-refractivity contribution in [2.45, 2.75) is 30.7 Å². The highest BCUT2D eigenvalue weighted by Gasteiger charge is 2.18. The summed E-state index contributed by atoms with van der Waals surface area (Å²) in [6.45, 7) is 3.82. The van der Waals surface area contributed by atoms with Gasteiger partial charge < -0.3 is 9.15 Å². The van der Waals surface area contributed by atoms with E-state index in [1.165, 1.54) is 0 Å². The zero-order chi connectivity index (χ0) is 12.0. The van der Waals surface area contributed by atoms with Gasteiger partial charge in [-0.1, -0.05) is 12.0 Å². The Morgan fingerprint density at radius 1 is 1.62 bits per heavy atom. The molecule has 1 aromatic heterocycles. The maximum Gasteiger partial charge on any atom is 0.396 e. The third kappa shape index (κ3) is 3.24. The first kappa shape index (κ1) is 12.5. The number of aromatic nitrogens is 2. The molecule has 0 aliphatic heterocycles. The van der Waals surface area contributed by atoms with Crippen molar-refractivity contribution < 1.29 is 13.9 Å². The zero-order valence-electron chi connectivity index (χ0n) is 8.97. The molecule has 1 atom stereocenters. The van der Waals surface area contributed by atoms with Gasteiger partial charge in [0.2, 0.25) is 0 Å². The highest BCUT2D eigenvalue weighted by molar-refractivity contribution is 7.99. The number of ether oxygens (including phenoxy) is 1. The fourth-order valence-electron chi connectivity index (χ4n) is 0.855. The monoisotopic (exact) mass is 241 g/mol. The van der Waals surface area contributed by atoms with Crippen LogP contribution in [0, 0.1) is 11.3 Å². The molecule has 0 saturated carbocycles. The van der Waals surface area contributed by atoms with Crippen molar-refractivity contribution in [3.8, 4) is 6.07 Å². The molecule has 0 aliphatic carbocycles. The van der Waals surface area contributed by atoms with Gasteiger partial charge in [-0.2, -0.15) is 5.26 Å². The summed E-state index contributed by atoms with van der Waals surface area (Å²) in [4.78, 5) is 11.2. The smallest absolute Gasteiger partial charge is 0.396 e. The lowest BCUT2D eigenvalue weighted by molar-refractivity contribution is 0.0475. The van der Waals surface area contributed by atoms with Crippen molar-refractivity contribution >= 4 is 17.7 Å². The van der Waals surface area contributed by atoms with Crippen LogP contribution in [0.25, 0.3) is 0 Å². The van der Waals surface area contributed by atoms with E-state index in [2.05, 4.69) is 21.0 Å². The molecule has 0 fully saturated rings. The summed E-state index contributed by atoms with van der Waals surface area (Å²) in [6, 6.07) is 2.08. The second kappa shape index (κ2) is 6.12. The Balaban J connectivity index is 2.65. The molecule has 0 aliphatic rings. The van der Waals surface area contributed by atoms with Crippen LogP contribution in [-0.2, 0) is 4.74 Å². The molecule has 16 heavy (non-hydrogen) atoms. The first-order chi connectivity index (χ1) is 7.71. The van der Waals surface area contributed by atoms with Gasteiger partial charge in [0.05, 0.1) is 12.7 Å². The van der Waals surface area contributed by atoms with Gasteiger partial charge in [-0.05, 0) is 25.1 Å². The normalized spacial score (nSPS) is 11.8. The lowest BCUT2D eigenvalue weighted by Gasteiger charge is -1.99. The van der Waals surface area contributed by atoms with Crippen molar-refractivity contribution in [1.82, 2.24) is 10.2 Å². The van der Waals surface area contributed by atoms with Gasteiger partial charge >= 0.3 is 11.9 Å². The summed E-state index contributed by atoms with van der Waals surface area (Å²) in [5.41, 5.74) is 0. The molecular formula is C9H11N3O3S. The molecular weight excluding hydrogens is 230 g/mol. The maximum absolute atomic E-state index is 11.2. The fraction of sp³-hybridized carbons (Fsp3) is 0.556. The van der Waals surface area contributed by atoms with E-state index in [4.69, 9.17) is 9.68 Å². The number of carbonyl (C=O) groups excluding carboxylic acids is 1. The topological polar surface area (TPSA) is 89.0 Å². The third-order valence-electron chi connectivity index (χ3n) is 1.61. The van der Waals surface area contributed by atoms with Crippen LogP contribution < -0.4 is 0 Å². The quantitative estimate of drug-likeness (QED) is 0.571. The van der Waals surface area contributed by atoms with E-state index in [0.717, 1.165) is 11.8 Å². The van der Waals surface area contributed by atoms with Crippen LogP contribution in [0.5, 0.6) is 0 Å². The van der Waals surface area contributed by atoms with Crippen molar-refractivity contribution in [3.63, 3.8) is 0 Å². The van der Waals surface area contributed by atoms with Crippen molar-refractivity contribution in [3.05, 3.63) is 5.89 Å². The van der Waals surface area contributed by atoms with Crippen LogP contribution in [-0.4, -0.2) is 28.0 Å². The van der Waals surface area contributed by atoms with Crippen molar-refractivity contribution in [2.75, 3.05) is 6.61 Å². The third-order valence-corrected chi connectivity index (χ3v) is 2.70. The highest BCUT2D eigenvalue weighted by Crippen LogP contribution is 2.23. The minimum Gasteiger partial charge on any atom is -0.459 e. The van der Waals surface area contributed by atoms with Gasteiger partial charge in [-0.15, -0.1) is 5.10 Å². The van der Waals surface area contributed by atoms with Crippen LogP contribution in [0.1, 0.15) is 31.0 Å². The van der Waals surface area contributed by atoms with E-state index in [1.54, 1.807) is 6.92 Å². The fourth-order valence-corrected chi connectivity index (χ4v) is 1.53. The summed E-state index contributed by atoms with van der Waals surface area (Å²) in [6.07, 6.45) is 0.665. The Morgan fingerprint density at radius 2 is 2.38 bits per heavy atom. The molecule has 0 N–H and O–H groups in total. The molecule has 86 valence electrons. The molecule has 0 saturated heterocycles. The minimum atomic E-state index is -0.646. The SMILES string of the molecule is CCOC(=O)c1nnc(SC(C#N)CC)o1. The average molecular weight is 241 g/mol. The standard InChI is InChI=1S/C9H11N3O3S/c1-3-6(5-10)16-9-12-11-7(15-9)8(13)14-4-2/h6H,3-4H2,1-2H3. The number of esters is 1. The van der Waals surface area contributed by atoms with Gasteiger partial charge in [-0.25, -0.2) is 4.79 Å². The second-order valence-electron chi connectivity index (χ2n) is 2.74. The van der Waals surface area contributed by atoms with E-state index >= 15 is 0 Å². The van der Waals surface area contributed by atoms with Crippen LogP contribution in [0.4, 0.5) is 0 Å². The second-order valence-corrected chi connectivity index (χ2v) is 3.89. The van der Waals surface area contributed by atoms with Crippen LogP contribution >= 0.6 is 11.8 Å². The van der Waals surface area contributed by atoms with Crippen LogP contribution in [0.3, 0.4) is 0 Å². The van der Waals surface area contributed by atoms with E-state index < -0.39 is 5.97 Å². The van der Waals surface area contributed by atoms with E-state index in [1.807, 2.05) is 6.92 Å². The van der Waals surface area contributed by atoms with Crippen LogP contribution in [0.2, 0.25) is 0 Å². The number of nitrogens with zero attached hydrogens (tertiary/aromatic N) is 3. The molecule has 6 nitrogen and oxygen atoms in total. The molecule has 7 heteroatoms. The number of hydrogen-bond acceptors (Lipinski definition) is 7.